The van der Waals surface area contributed by atoms with Crippen LogP contribution in [0.3, 0.4) is 0 Å². The van der Waals surface area contributed by atoms with Gasteiger partial charge >= 0.3 is 0 Å². The molecule has 0 saturated heterocycles. The highest BCUT2D eigenvalue weighted by Gasteiger charge is 2.35. The first-order chi connectivity index (χ1) is 10.6. The van der Waals surface area contributed by atoms with Gasteiger partial charge in [-0.1, -0.05) is 13.3 Å². The van der Waals surface area contributed by atoms with Gasteiger partial charge in [-0.2, -0.15) is 5.10 Å². The molecule has 1 aromatic heterocycles. The van der Waals surface area contributed by atoms with Crippen LogP contribution in [0.5, 0.6) is 0 Å². The van der Waals surface area contributed by atoms with Crippen LogP contribution in [0.25, 0.3) is 0 Å². The average molecular weight is 309 g/mol. The van der Waals surface area contributed by atoms with Crippen LogP contribution in [0.1, 0.15) is 62.6 Å². The molecular formula is C17H31N3O2. The molecule has 1 heterocycles. The van der Waals surface area contributed by atoms with Crippen LogP contribution >= 0.6 is 0 Å². The van der Waals surface area contributed by atoms with E-state index >= 15 is 0 Å². The summed E-state index contributed by atoms with van der Waals surface area (Å²) in [5, 5.41) is 26.5. The van der Waals surface area contributed by atoms with Crippen molar-refractivity contribution < 1.29 is 10.2 Å². The zero-order valence-corrected chi connectivity index (χ0v) is 14.0. The smallest absolute Gasteiger partial charge is 0.0535 e. The van der Waals surface area contributed by atoms with Crippen molar-refractivity contribution in [2.45, 2.75) is 57.9 Å². The van der Waals surface area contributed by atoms with E-state index in [9.17, 15) is 10.2 Å². The van der Waals surface area contributed by atoms with Gasteiger partial charge in [0, 0.05) is 29.1 Å². The highest BCUT2D eigenvalue weighted by Crippen LogP contribution is 2.42. The average Bonchev–Trinajstić information content (AvgIpc) is 3.01. The second-order valence-electron chi connectivity index (χ2n) is 6.99. The zero-order valence-electron chi connectivity index (χ0n) is 14.0. The first-order valence-electron chi connectivity index (χ1n) is 8.56. The van der Waals surface area contributed by atoms with Crippen LogP contribution in [0.2, 0.25) is 0 Å². The van der Waals surface area contributed by atoms with Crippen LogP contribution in [-0.4, -0.2) is 52.1 Å². The summed E-state index contributed by atoms with van der Waals surface area (Å²) in [5.74, 6) is 0.475. The number of nitrogens with zero attached hydrogens (tertiary/aromatic N) is 2. The predicted octanol–water partition coefficient (Wildman–Crippen LogP) is 2.27. The van der Waals surface area contributed by atoms with Crippen LogP contribution in [0, 0.1) is 5.41 Å². The third kappa shape index (κ3) is 4.09. The van der Waals surface area contributed by atoms with E-state index in [1.165, 1.54) is 24.1 Å². The van der Waals surface area contributed by atoms with Crippen molar-refractivity contribution in [3.8, 4) is 0 Å². The molecule has 1 saturated carbocycles. The molecule has 3 N–H and O–H groups in total. The van der Waals surface area contributed by atoms with E-state index in [1.807, 2.05) is 6.20 Å². The van der Waals surface area contributed by atoms with Gasteiger partial charge in [0.1, 0.15) is 0 Å². The van der Waals surface area contributed by atoms with E-state index < -0.39 is 0 Å². The standard InChI is InChI=1S/C17H31N3O2/c1-3-4-9-20(2)11-15-10-18-19-16(15)14-5-7-17(12-21,13-22)8-6-14/h10,14,21-22H,3-9,11-13H2,1-2H3,(H,18,19). The number of hydrogen-bond donors (Lipinski definition) is 3. The van der Waals surface area contributed by atoms with Crippen molar-refractivity contribution in [1.29, 1.82) is 0 Å². The second-order valence-corrected chi connectivity index (χ2v) is 6.99. The van der Waals surface area contributed by atoms with Gasteiger partial charge in [-0.25, -0.2) is 0 Å². The van der Waals surface area contributed by atoms with Gasteiger partial charge in [0.2, 0.25) is 0 Å². The molecule has 1 fully saturated rings. The molecule has 2 rings (SSSR count). The fourth-order valence-corrected chi connectivity index (χ4v) is 3.48. The van der Waals surface area contributed by atoms with E-state index in [0.29, 0.717) is 5.92 Å². The van der Waals surface area contributed by atoms with Crippen LogP contribution < -0.4 is 0 Å². The Morgan fingerprint density at radius 1 is 1.32 bits per heavy atom. The van der Waals surface area contributed by atoms with Crippen molar-refractivity contribution in [1.82, 2.24) is 15.1 Å². The van der Waals surface area contributed by atoms with Gasteiger partial charge in [-0.05, 0) is 45.7 Å². The van der Waals surface area contributed by atoms with E-state index in [2.05, 4.69) is 29.1 Å². The maximum atomic E-state index is 9.53. The van der Waals surface area contributed by atoms with Crippen molar-refractivity contribution in [3.63, 3.8) is 0 Å². The van der Waals surface area contributed by atoms with Crippen molar-refractivity contribution in [3.05, 3.63) is 17.5 Å². The summed E-state index contributed by atoms with van der Waals surface area (Å²) in [7, 11) is 2.16. The number of unbranched alkanes of at least 4 members (excludes halogenated alkanes) is 1. The molecule has 0 unspecified atom stereocenters. The van der Waals surface area contributed by atoms with Crippen molar-refractivity contribution in [2.75, 3.05) is 26.8 Å². The largest absolute Gasteiger partial charge is 0.396 e. The van der Waals surface area contributed by atoms with Gasteiger partial charge < -0.3 is 15.1 Å². The molecule has 1 aliphatic rings. The molecule has 5 nitrogen and oxygen atoms in total. The molecule has 0 amide bonds. The van der Waals surface area contributed by atoms with Gasteiger partial charge in [0.05, 0.1) is 19.4 Å². The third-order valence-electron chi connectivity index (χ3n) is 5.21. The lowest BCUT2D eigenvalue weighted by atomic mass is 9.70. The summed E-state index contributed by atoms with van der Waals surface area (Å²) >= 11 is 0. The third-order valence-corrected chi connectivity index (χ3v) is 5.21. The van der Waals surface area contributed by atoms with E-state index in [0.717, 1.165) is 38.8 Å². The van der Waals surface area contributed by atoms with Crippen LogP contribution in [-0.2, 0) is 6.54 Å². The van der Waals surface area contributed by atoms with E-state index in [-0.39, 0.29) is 18.6 Å². The summed E-state index contributed by atoms with van der Waals surface area (Å²) in [6, 6.07) is 0. The maximum Gasteiger partial charge on any atom is 0.0535 e. The SMILES string of the molecule is CCCCN(C)Cc1cn[nH]c1C1CCC(CO)(CO)CC1. The van der Waals surface area contributed by atoms with Gasteiger partial charge in [0.15, 0.2) is 0 Å². The second kappa shape index (κ2) is 8.09. The number of H-pyrrole nitrogens is 1. The Kier molecular flexibility index (Phi) is 6.41. The van der Waals surface area contributed by atoms with E-state index in [1.54, 1.807) is 0 Å². The van der Waals surface area contributed by atoms with Gasteiger partial charge in [-0.3, -0.25) is 5.10 Å². The normalized spacial score (nSPS) is 19.0. The molecule has 126 valence electrons. The molecule has 0 atom stereocenters. The predicted molar refractivity (Wildman–Crippen MR) is 87.6 cm³/mol. The van der Waals surface area contributed by atoms with Gasteiger partial charge in [0.25, 0.3) is 0 Å². The number of aliphatic hydroxyl groups is 2. The van der Waals surface area contributed by atoms with E-state index in [4.69, 9.17) is 0 Å². The lowest BCUT2D eigenvalue weighted by Gasteiger charge is -2.37. The number of aromatic nitrogens is 2. The molecule has 0 spiro atoms. The Balaban J connectivity index is 1.95. The molecule has 0 aromatic carbocycles. The number of nitrogens with one attached hydrogen (secondary N) is 1. The lowest BCUT2D eigenvalue weighted by Crippen LogP contribution is -2.34. The summed E-state index contributed by atoms with van der Waals surface area (Å²) in [4.78, 5) is 2.35. The Morgan fingerprint density at radius 2 is 2.00 bits per heavy atom. The van der Waals surface area contributed by atoms with Crippen LogP contribution in [0.15, 0.2) is 6.20 Å². The Bertz CT molecular complexity index is 433. The molecule has 1 aromatic rings. The monoisotopic (exact) mass is 309 g/mol. The maximum absolute atomic E-state index is 9.53. The molecule has 5 heteroatoms. The highest BCUT2D eigenvalue weighted by molar-refractivity contribution is 5.21. The minimum atomic E-state index is -0.269. The fraction of sp³-hybridized carbons (Fsp3) is 0.824. The van der Waals surface area contributed by atoms with Gasteiger partial charge in [-0.15, -0.1) is 0 Å². The lowest BCUT2D eigenvalue weighted by molar-refractivity contribution is 0.0184. The number of aliphatic hydroxyl groups excluding tert-OH is 2. The van der Waals surface area contributed by atoms with Crippen LogP contribution in [0.4, 0.5) is 0 Å². The Hall–Kier alpha value is -0.910. The number of rotatable bonds is 8. The summed E-state index contributed by atoms with van der Waals surface area (Å²) in [6.07, 6.45) is 8.18. The molecule has 0 aliphatic heterocycles. The minimum Gasteiger partial charge on any atom is -0.396 e. The van der Waals surface area contributed by atoms with Crippen molar-refractivity contribution in [2.24, 2.45) is 5.41 Å². The minimum absolute atomic E-state index is 0.0891. The summed E-state index contributed by atoms with van der Waals surface area (Å²) in [5.41, 5.74) is 2.28. The number of aromatic amines is 1. The van der Waals surface area contributed by atoms with Crippen molar-refractivity contribution >= 4 is 0 Å². The molecule has 0 bridgehead atoms. The first-order valence-corrected chi connectivity index (χ1v) is 8.56. The Morgan fingerprint density at radius 3 is 2.59 bits per heavy atom. The summed E-state index contributed by atoms with van der Waals surface area (Å²) in [6.45, 7) is 4.45. The number of hydrogen-bond acceptors (Lipinski definition) is 4. The first kappa shape index (κ1) is 17.4. The molecule has 0 radical (unpaired) electrons. The highest BCUT2D eigenvalue weighted by atomic mass is 16.3. The molecule has 1 aliphatic carbocycles. The quantitative estimate of drug-likeness (QED) is 0.689. The zero-order chi connectivity index (χ0) is 16.0. The molecule has 22 heavy (non-hydrogen) atoms. The topological polar surface area (TPSA) is 72.4 Å². The summed E-state index contributed by atoms with van der Waals surface area (Å²) < 4.78 is 0. The fourth-order valence-electron chi connectivity index (χ4n) is 3.48. The Labute approximate surface area is 133 Å². The molecular weight excluding hydrogens is 278 g/mol.